The van der Waals surface area contributed by atoms with E-state index in [9.17, 15) is 4.79 Å². The van der Waals surface area contributed by atoms with E-state index >= 15 is 0 Å². The molecule has 0 spiro atoms. The van der Waals surface area contributed by atoms with Crippen LogP contribution in [-0.2, 0) is 0 Å². The van der Waals surface area contributed by atoms with Crippen LogP contribution in [0.5, 0.6) is 0 Å². The third kappa shape index (κ3) is 3.77. The van der Waals surface area contributed by atoms with Gasteiger partial charge in [0, 0.05) is 10.6 Å². The van der Waals surface area contributed by atoms with Gasteiger partial charge in [-0.1, -0.05) is 19.9 Å². The van der Waals surface area contributed by atoms with Gasteiger partial charge in [0.2, 0.25) is 0 Å². The van der Waals surface area contributed by atoms with Crippen LogP contribution in [0.15, 0.2) is 48.1 Å². The smallest absolute Gasteiger partial charge is 0.319 e. The van der Waals surface area contributed by atoms with Gasteiger partial charge >= 0.3 is 6.03 Å². The highest BCUT2D eigenvalue weighted by atomic mass is 32.1. The van der Waals surface area contributed by atoms with Gasteiger partial charge in [0.25, 0.3) is 0 Å². The van der Waals surface area contributed by atoms with E-state index in [-0.39, 0.29) is 12.1 Å². The van der Waals surface area contributed by atoms with Crippen molar-refractivity contribution in [1.29, 1.82) is 0 Å². The molecule has 1 aromatic carbocycles. The number of hydrogen-bond donors (Lipinski definition) is 2. The average molecular weight is 342 g/mol. The Labute approximate surface area is 143 Å². The molecule has 0 saturated heterocycles. The molecule has 1 atom stereocenters. The maximum Gasteiger partial charge on any atom is 0.319 e. The van der Waals surface area contributed by atoms with Crippen molar-refractivity contribution in [2.24, 2.45) is 5.92 Å². The second-order valence-corrected chi connectivity index (χ2v) is 6.62. The maximum absolute atomic E-state index is 12.3. The lowest BCUT2D eigenvalue weighted by Crippen LogP contribution is -2.34. The normalized spacial score (nSPS) is 12.1. The van der Waals surface area contributed by atoms with Crippen LogP contribution in [0.25, 0.3) is 5.69 Å². The van der Waals surface area contributed by atoms with Crippen molar-refractivity contribution in [1.82, 2.24) is 25.5 Å². The minimum absolute atomic E-state index is 0.00880. The predicted octanol–water partition coefficient (Wildman–Crippen LogP) is 3.24. The number of urea groups is 1. The van der Waals surface area contributed by atoms with E-state index in [1.165, 1.54) is 6.33 Å². The maximum atomic E-state index is 12.3. The van der Waals surface area contributed by atoms with Crippen LogP contribution in [0.3, 0.4) is 0 Å². The predicted molar refractivity (Wildman–Crippen MR) is 93.2 cm³/mol. The van der Waals surface area contributed by atoms with Crippen molar-refractivity contribution in [3.05, 3.63) is 53.0 Å². The van der Waals surface area contributed by atoms with Crippen LogP contribution in [0.4, 0.5) is 10.5 Å². The van der Waals surface area contributed by atoms with E-state index in [1.807, 2.05) is 41.8 Å². The lowest BCUT2D eigenvalue weighted by atomic mass is 10.0. The van der Waals surface area contributed by atoms with Gasteiger partial charge in [0.15, 0.2) is 0 Å². The summed E-state index contributed by atoms with van der Waals surface area (Å²) in [6.45, 7) is 4.18. The Balaban J connectivity index is 1.64. The van der Waals surface area contributed by atoms with Crippen LogP contribution in [0, 0.1) is 5.92 Å². The van der Waals surface area contributed by atoms with Gasteiger partial charge in [0.05, 0.1) is 11.7 Å². The lowest BCUT2D eigenvalue weighted by Gasteiger charge is -2.21. The molecule has 0 radical (unpaired) electrons. The van der Waals surface area contributed by atoms with E-state index in [0.717, 1.165) is 10.6 Å². The minimum Gasteiger partial charge on any atom is -0.330 e. The fourth-order valence-corrected chi connectivity index (χ4v) is 3.27. The zero-order valence-corrected chi connectivity index (χ0v) is 14.2. The number of nitrogens with zero attached hydrogens (tertiary/aromatic N) is 4. The number of amides is 2. The van der Waals surface area contributed by atoms with Gasteiger partial charge < -0.3 is 10.6 Å². The number of nitrogens with one attached hydrogen (secondary N) is 2. The fraction of sp³-hybridized carbons (Fsp3) is 0.250. The molecule has 0 fully saturated rings. The molecule has 2 N–H and O–H groups in total. The summed E-state index contributed by atoms with van der Waals surface area (Å²) in [6.07, 6.45) is 1.52. The van der Waals surface area contributed by atoms with Crippen LogP contribution in [-0.4, -0.2) is 26.2 Å². The molecular weight excluding hydrogens is 324 g/mol. The highest BCUT2D eigenvalue weighted by molar-refractivity contribution is 7.10. The quantitative estimate of drug-likeness (QED) is 0.745. The second kappa shape index (κ2) is 7.22. The Morgan fingerprint density at radius 3 is 2.58 bits per heavy atom. The third-order valence-corrected chi connectivity index (χ3v) is 4.50. The Kier molecular flexibility index (Phi) is 4.85. The Bertz CT molecular complexity index is 768. The first kappa shape index (κ1) is 16.1. The monoisotopic (exact) mass is 342 g/mol. The highest BCUT2D eigenvalue weighted by Gasteiger charge is 2.19. The van der Waals surface area contributed by atoms with Crippen LogP contribution < -0.4 is 10.6 Å². The van der Waals surface area contributed by atoms with Crippen molar-refractivity contribution in [3.63, 3.8) is 0 Å². The molecule has 0 aliphatic heterocycles. The molecule has 24 heavy (non-hydrogen) atoms. The SMILES string of the molecule is CC(C)[C@@H](NC(=O)Nc1ccc(-n2cnnn2)cc1)c1cccs1. The molecule has 0 saturated carbocycles. The minimum atomic E-state index is -0.225. The summed E-state index contributed by atoms with van der Waals surface area (Å²) in [7, 11) is 0. The van der Waals surface area contributed by atoms with Crippen LogP contribution in [0.1, 0.15) is 24.8 Å². The Morgan fingerprint density at radius 1 is 1.21 bits per heavy atom. The molecule has 7 nitrogen and oxygen atoms in total. The number of carbonyl (C=O) groups is 1. The number of aromatic nitrogens is 4. The summed E-state index contributed by atoms with van der Waals surface area (Å²) in [5.41, 5.74) is 1.53. The van der Waals surface area contributed by atoms with E-state index in [0.29, 0.717) is 11.6 Å². The highest BCUT2D eigenvalue weighted by Crippen LogP contribution is 2.25. The van der Waals surface area contributed by atoms with E-state index in [4.69, 9.17) is 0 Å². The largest absolute Gasteiger partial charge is 0.330 e. The van der Waals surface area contributed by atoms with Crippen LogP contribution in [0.2, 0.25) is 0 Å². The molecule has 0 aliphatic carbocycles. The summed E-state index contributed by atoms with van der Waals surface area (Å²) in [4.78, 5) is 13.4. The number of carbonyl (C=O) groups excluding carboxylic acids is 1. The molecule has 0 unspecified atom stereocenters. The van der Waals surface area contributed by atoms with Gasteiger partial charge in [-0.3, -0.25) is 0 Å². The number of anilines is 1. The van der Waals surface area contributed by atoms with Gasteiger partial charge in [0.1, 0.15) is 6.33 Å². The van der Waals surface area contributed by atoms with Crippen molar-refractivity contribution >= 4 is 23.1 Å². The second-order valence-electron chi connectivity index (χ2n) is 5.64. The molecule has 2 heterocycles. The number of thiophene rings is 1. The van der Waals surface area contributed by atoms with Crippen molar-refractivity contribution in [3.8, 4) is 5.69 Å². The molecule has 0 bridgehead atoms. The first-order valence-electron chi connectivity index (χ1n) is 7.58. The lowest BCUT2D eigenvalue weighted by molar-refractivity contribution is 0.245. The average Bonchev–Trinajstić information content (AvgIpc) is 3.26. The summed E-state index contributed by atoms with van der Waals surface area (Å²) >= 11 is 1.64. The zero-order valence-electron chi connectivity index (χ0n) is 13.4. The van der Waals surface area contributed by atoms with E-state index < -0.39 is 0 Å². The molecule has 2 amide bonds. The zero-order chi connectivity index (χ0) is 16.9. The fourth-order valence-electron chi connectivity index (χ4n) is 2.32. The molecule has 3 aromatic rings. The molecule has 124 valence electrons. The number of hydrogen-bond acceptors (Lipinski definition) is 5. The summed E-state index contributed by atoms with van der Waals surface area (Å²) in [5.74, 6) is 0.302. The van der Waals surface area contributed by atoms with Crippen molar-refractivity contribution in [2.75, 3.05) is 5.32 Å². The molecule has 2 aromatic heterocycles. The van der Waals surface area contributed by atoms with Gasteiger partial charge in [-0.25, -0.2) is 9.48 Å². The Hall–Kier alpha value is -2.74. The first-order chi connectivity index (χ1) is 11.6. The van der Waals surface area contributed by atoms with Gasteiger partial charge in [-0.2, -0.15) is 0 Å². The number of benzene rings is 1. The van der Waals surface area contributed by atoms with E-state index in [2.05, 4.69) is 40.0 Å². The summed E-state index contributed by atoms with van der Waals surface area (Å²) < 4.78 is 1.55. The molecule has 8 heteroatoms. The Morgan fingerprint density at radius 2 is 2.00 bits per heavy atom. The molecule has 0 aliphatic rings. The third-order valence-electron chi connectivity index (χ3n) is 3.54. The van der Waals surface area contributed by atoms with Gasteiger partial charge in [-0.15, -0.1) is 16.4 Å². The number of tetrazole rings is 1. The first-order valence-corrected chi connectivity index (χ1v) is 8.46. The van der Waals surface area contributed by atoms with Crippen molar-refractivity contribution in [2.45, 2.75) is 19.9 Å². The molecule has 3 rings (SSSR count). The summed E-state index contributed by atoms with van der Waals surface area (Å²) in [6, 6.07) is 11.1. The van der Waals surface area contributed by atoms with E-state index in [1.54, 1.807) is 16.0 Å². The standard InChI is InChI=1S/C16H18N6OS/c1-11(2)15(14-4-3-9-24-14)19-16(23)18-12-5-7-13(8-6-12)22-10-17-20-21-22/h3-11,15H,1-2H3,(H2,18,19,23)/t15-/m1/s1. The van der Waals surface area contributed by atoms with Crippen molar-refractivity contribution < 1.29 is 4.79 Å². The van der Waals surface area contributed by atoms with Gasteiger partial charge in [-0.05, 0) is 52.1 Å². The summed E-state index contributed by atoms with van der Waals surface area (Å²) in [5, 5.41) is 18.9. The van der Waals surface area contributed by atoms with Crippen LogP contribution >= 0.6 is 11.3 Å². The molecular formula is C16H18N6OS. The topological polar surface area (TPSA) is 84.7 Å². The number of rotatable bonds is 5.